The van der Waals surface area contributed by atoms with Gasteiger partial charge in [0, 0.05) is 31.2 Å². The van der Waals surface area contributed by atoms with Crippen LogP contribution in [-0.4, -0.2) is 68.3 Å². The lowest BCUT2D eigenvalue weighted by atomic mass is 9.98. The molecule has 3 rings (SSSR count). The molecule has 1 aromatic carbocycles. The van der Waals surface area contributed by atoms with E-state index in [4.69, 9.17) is 4.74 Å². The first kappa shape index (κ1) is 28.1. The van der Waals surface area contributed by atoms with E-state index >= 15 is 0 Å². The number of ether oxygens (including phenoxy) is 1. The summed E-state index contributed by atoms with van der Waals surface area (Å²) in [5, 5.41) is 0. The molecule has 2 aliphatic rings. The lowest BCUT2D eigenvalue weighted by Crippen LogP contribution is -2.48. The van der Waals surface area contributed by atoms with Gasteiger partial charge < -0.3 is 14.5 Å². The fraction of sp³-hybridized carbons (Fsp3) is 0.621. The number of para-hydroxylation sites is 1. The van der Waals surface area contributed by atoms with Crippen LogP contribution in [0.15, 0.2) is 48.1 Å². The highest BCUT2D eigenvalue weighted by Gasteiger charge is 2.34. The minimum atomic E-state index is 0.138. The summed E-state index contributed by atoms with van der Waals surface area (Å²) in [6.45, 7) is 17.7. The quantitative estimate of drug-likeness (QED) is 0.389. The summed E-state index contributed by atoms with van der Waals surface area (Å²) in [5.74, 6) is 0.437. The van der Waals surface area contributed by atoms with Crippen molar-refractivity contribution >= 4 is 11.7 Å². The van der Waals surface area contributed by atoms with Crippen molar-refractivity contribution in [2.75, 3.05) is 57.4 Å². The Morgan fingerprint density at radius 2 is 1.85 bits per heavy atom. The van der Waals surface area contributed by atoms with Crippen LogP contribution in [0.25, 0.3) is 0 Å². The van der Waals surface area contributed by atoms with E-state index in [1.54, 1.807) is 0 Å². The third-order valence-corrected chi connectivity index (χ3v) is 6.84. The molecule has 5 nitrogen and oxygen atoms in total. The fourth-order valence-corrected chi connectivity index (χ4v) is 4.67. The molecule has 190 valence electrons. The Labute approximate surface area is 208 Å². The second-order valence-electron chi connectivity index (χ2n) is 9.04. The molecule has 1 aromatic rings. The molecule has 34 heavy (non-hydrogen) atoms. The number of benzene rings is 1. The van der Waals surface area contributed by atoms with Gasteiger partial charge in [-0.25, -0.2) is 4.79 Å². The lowest BCUT2D eigenvalue weighted by molar-refractivity contribution is 0.0549. The number of anilines is 1. The molecule has 0 saturated carbocycles. The monoisotopic (exact) mass is 469 g/mol. The molecule has 2 amide bonds. The van der Waals surface area contributed by atoms with Gasteiger partial charge in [-0.15, -0.1) is 0 Å². The van der Waals surface area contributed by atoms with Crippen molar-refractivity contribution in [2.24, 2.45) is 0 Å². The van der Waals surface area contributed by atoms with Crippen LogP contribution in [0.2, 0.25) is 0 Å². The molecule has 5 heteroatoms. The number of hydrogen-bond acceptors (Lipinski definition) is 3. The Morgan fingerprint density at radius 3 is 2.47 bits per heavy atom. The van der Waals surface area contributed by atoms with Gasteiger partial charge in [0.25, 0.3) is 0 Å². The van der Waals surface area contributed by atoms with Crippen LogP contribution in [0, 0.1) is 0 Å². The van der Waals surface area contributed by atoms with Gasteiger partial charge in [-0.3, -0.25) is 4.90 Å². The largest absolute Gasteiger partial charge is 0.378 e. The van der Waals surface area contributed by atoms with E-state index in [0.29, 0.717) is 32.2 Å². The smallest absolute Gasteiger partial charge is 0.324 e. The summed E-state index contributed by atoms with van der Waals surface area (Å²) in [6.07, 6.45) is 11.1. The number of rotatable bonds is 9. The molecule has 1 unspecified atom stereocenters. The van der Waals surface area contributed by atoms with Crippen molar-refractivity contribution in [2.45, 2.75) is 66.2 Å². The van der Waals surface area contributed by atoms with E-state index in [2.05, 4.69) is 75.9 Å². The van der Waals surface area contributed by atoms with Crippen LogP contribution < -0.4 is 4.90 Å². The van der Waals surface area contributed by atoms with Crippen LogP contribution in [0.5, 0.6) is 0 Å². The zero-order valence-corrected chi connectivity index (χ0v) is 22.3. The van der Waals surface area contributed by atoms with Crippen molar-refractivity contribution < 1.29 is 9.53 Å². The molecule has 1 fully saturated rings. The van der Waals surface area contributed by atoms with Crippen LogP contribution in [0.3, 0.4) is 0 Å². The summed E-state index contributed by atoms with van der Waals surface area (Å²) in [4.78, 5) is 19.4. The van der Waals surface area contributed by atoms with Crippen molar-refractivity contribution in [3.8, 4) is 0 Å². The predicted molar refractivity (Wildman–Crippen MR) is 145 cm³/mol. The van der Waals surface area contributed by atoms with Crippen LogP contribution in [0.1, 0.15) is 71.8 Å². The topological polar surface area (TPSA) is 36.0 Å². The average Bonchev–Trinajstić information content (AvgIpc) is 3.26. The van der Waals surface area contributed by atoms with Gasteiger partial charge in [0.1, 0.15) is 0 Å². The summed E-state index contributed by atoms with van der Waals surface area (Å²) in [5.41, 5.74) is 3.95. The Balaban J connectivity index is 0.000000387. The predicted octanol–water partition coefficient (Wildman–Crippen LogP) is 6.47. The molecule has 2 aliphatic heterocycles. The number of fused-ring (bicyclic) bond motifs is 1. The summed E-state index contributed by atoms with van der Waals surface area (Å²) >= 11 is 0. The molecule has 1 saturated heterocycles. The number of morpholine rings is 1. The molecule has 1 atom stereocenters. The Hall–Kier alpha value is -2.11. The second-order valence-corrected chi connectivity index (χ2v) is 9.04. The molecular weight excluding hydrogens is 422 g/mol. The first-order valence-corrected chi connectivity index (χ1v) is 13.3. The Morgan fingerprint density at radius 1 is 1.12 bits per heavy atom. The summed E-state index contributed by atoms with van der Waals surface area (Å²) < 4.78 is 5.39. The minimum absolute atomic E-state index is 0.138. The third kappa shape index (κ3) is 8.28. The molecule has 0 aromatic heterocycles. The van der Waals surface area contributed by atoms with Gasteiger partial charge in [-0.05, 0) is 70.8 Å². The van der Waals surface area contributed by atoms with E-state index in [-0.39, 0.29) is 6.03 Å². The van der Waals surface area contributed by atoms with Crippen molar-refractivity contribution in [1.82, 2.24) is 9.80 Å². The van der Waals surface area contributed by atoms with Gasteiger partial charge in [0.15, 0.2) is 0 Å². The standard InChI is InChI=1S/C20H31N3O2.C9H16/c1-3-10-21(4-2)11-9-17-16-23(19-8-6-5-7-18(17)19)20(24)22-12-14-25-15-13-22;1-4-7-8-9(5-2)6-3/h5-8,17H,3-4,9-16H2,1-2H3;4-5,7H,6,8H2,1-3H3/b;7-4-,9-5-. The highest BCUT2D eigenvalue weighted by Crippen LogP contribution is 2.38. The highest BCUT2D eigenvalue weighted by molar-refractivity contribution is 5.94. The molecule has 0 radical (unpaired) electrons. The number of allylic oxidation sites excluding steroid dienone is 4. The summed E-state index contributed by atoms with van der Waals surface area (Å²) in [7, 11) is 0. The van der Waals surface area contributed by atoms with E-state index in [9.17, 15) is 4.79 Å². The maximum atomic E-state index is 13.0. The molecule has 0 bridgehead atoms. The van der Waals surface area contributed by atoms with Crippen molar-refractivity contribution in [3.63, 3.8) is 0 Å². The number of carbonyl (C=O) groups excluding carboxylic acids is 1. The molecule has 2 heterocycles. The van der Waals surface area contributed by atoms with E-state index in [1.165, 1.54) is 24.0 Å². The maximum absolute atomic E-state index is 13.0. The lowest BCUT2D eigenvalue weighted by Gasteiger charge is -2.31. The third-order valence-electron chi connectivity index (χ3n) is 6.84. The first-order chi connectivity index (χ1) is 16.6. The maximum Gasteiger partial charge on any atom is 0.324 e. The van der Waals surface area contributed by atoms with Crippen LogP contribution >= 0.6 is 0 Å². The van der Waals surface area contributed by atoms with Gasteiger partial charge >= 0.3 is 6.03 Å². The van der Waals surface area contributed by atoms with Crippen molar-refractivity contribution in [1.29, 1.82) is 0 Å². The molecule has 0 spiro atoms. The molecular formula is C29H47N3O2. The number of nitrogens with zero attached hydrogens (tertiary/aromatic N) is 3. The number of amides is 2. The SMILES string of the molecule is C/C=C\C/C(=C\C)CC.CCCN(CC)CCC1CN(C(=O)N2CCOCC2)c2ccccc21. The highest BCUT2D eigenvalue weighted by atomic mass is 16.5. The van der Waals surface area contributed by atoms with E-state index < -0.39 is 0 Å². The average molecular weight is 470 g/mol. The van der Waals surface area contributed by atoms with E-state index in [1.807, 2.05) is 15.9 Å². The molecule has 0 aliphatic carbocycles. The number of carbonyl (C=O) groups is 1. The van der Waals surface area contributed by atoms with Crippen LogP contribution in [0.4, 0.5) is 10.5 Å². The molecule has 0 N–H and O–H groups in total. The summed E-state index contributed by atoms with van der Waals surface area (Å²) in [6, 6.07) is 8.56. The van der Waals surface area contributed by atoms with Gasteiger partial charge in [0.2, 0.25) is 0 Å². The first-order valence-electron chi connectivity index (χ1n) is 13.3. The Bertz CT molecular complexity index is 783. The minimum Gasteiger partial charge on any atom is -0.378 e. The van der Waals surface area contributed by atoms with Gasteiger partial charge in [-0.1, -0.05) is 62.8 Å². The zero-order chi connectivity index (χ0) is 24.8. The second kappa shape index (κ2) is 15.7. The number of hydrogen-bond donors (Lipinski definition) is 0. The van der Waals surface area contributed by atoms with Crippen LogP contribution in [-0.2, 0) is 4.74 Å². The Kier molecular flexibility index (Phi) is 13.0. The van der Waals surface area contributed by atoms with Gasteiger partial charge in [-0.2, -0.15) is 0 Å². The zero-order valence-electron chi connectivity index (χ0n) is 22.3. The van der Waals surface area contributed by atoms with E-state index in [0.717, 1.165) is 44.7 Å². The normalized spacial score (nSPS) is 18.3. The van der Waals surface area contributed by atoms with Crippen molar-refractivity contribution in [3.05, 3.63) is 53.6 Å². The number of urea groups is 1. The fourth-order valence-electron chi connectivity index (χ4n) is 4.67. The van der Waals surface area contributed by atoms with Gasteiger partial charge in [0.05, 0.1) is 13.2 Å².